The van der Waals surface area contributed by atoms with Gasteiger partial charge in [-0.25, -0.2) is 15.0 Å². The first-order valence-corrected chi connectivity index (χ1v) is 12.4. The maximum absolute atomic E-state index is 10.4. The number of nitrogens with zero attached hydrogens (tertiary/aromatic N) is 4. The van der Waals surface area contributed by atoms with Crippen LogP contribution < -0.4 is 10.2 Å². The Morgan fingerprint density at radius 2 is 1.82 bits per heavy atom. The summed E-state index contributed by atoms with van der Waals surface area (Å²) in [4.78, 5) is 29.2. The van der Waals surface area contributed by atoms with Crippen LogP contribution in [0.15, 0.2) is 49.1 Å². The fourth-order valence-corrected chi connectivity index (χ4v) is 5.34. The predicted molar refractivity (Wildman–Crippen MR) is 136 cm³/mol. The summed E-state index contributed by atoms with van der Waals surface area (Å²) in [5, 5.41) is 5.50. The molecular weight excluding hydrogens is 424 g/mol. The number of benzene rings is 2. The molecule has 1 saturated heterocycles. The van der Waals surface area contributed by atoms with E-state index in [-0.39, 0.29) is 0 Å². The average Bonchev–Trinajstić information content (AvgIpc) is 3.55. The van der Waals surface area contributed by atoms with E-state index in [1.54, 1.807) is 12.7 Å². The first-order chi connectivity index (χ1) is 16.8. The highest BCUT2D eigenvalue weighted by Gasteiger charge is 2.27. The number of aromatic nitrogens is 4. The van der Waals surface area contributed by atoms with E-state index in [0.29, 0.717) is 6.04 Å². The largest absolute Gasteiger partial charge is 0.359 e. The second kappa shape index (κ2) is 10.6. The number of carbonyl (C=O) groups is 1. The Balaban J connectivity index is 1.28. The molecule has 0 radical (unpaired) electrons. The molecule has 2 N–H and O–H groups in total. The maximum Gasteiger partial charge on any atom is 0.207 e. The van der Waals surface area contributed by atoms with Crippen LogP contribution in [0.25, 0.3) is 21.9 Å². The van der Waals surface area contributed by atoms with Crippen LogP contribution in [0.1, 0.15) is 49.7 Å². The number of rotatable bonds is 11. The summed E-state index contributed by atoms with van der Waals surface area (Å²) in [5.41, 5.74) is 4.52. The van der Waals surface area contributed by atoms with Gasteiger partial charge >= 0.3 is 0 Å². The number of hydrogen-bond donors (Lipinski definition) is 2. The van der Waals surface area contributed by atoms with Gasteiger partial charge < -0.3 is 15.2 Å². The van der Waals surface area contributed by atoms with Gasteiger partial charge in [0.15, 0.2) is 11.5 Å². The fourth-order valence-electron chi connectivity index (χ4n) is 5.34. The van der Waals surface area contributed by atoms with E-state index in [1.165, 1.54) is 34.7 Å². The van der Waals surface area contributed by atoms with Crippen molar-refractivity contribution in [1.82, 2.24) is 25.3 Å². The zero-order valence-corrected chi connectivity index (χ0v) is 19.5. The summed E-state index contributed by atoms with van der Waals surface area (Å²) in [6, 6.07) is 14.0. The Hall–Kier alpha value is -3.48. The number of aryl methyl sites for hydroxylation is 2. The van der Waals surface area contributed by atoms with Crippen molar-refractivity contribution in [3.63, 3.8) is 0 Å². The summed E-state index contributed by atoms with van der Waals surface area (Å²) in [6.07, 6.45) is 13.0. The molecule has 1 atom stereocenters. The van der Waals surface area contributed by atoms with Gasteiger partial charge in [-0.3, -0.25) is 4.79 Å². The van der Waals surface area contributed by atoms with Crippen molar-refractivity contribution in [2.45, 2.75) is 57.4 Å². The number of fused-ring (bicyclic) bond motifs is 2. The van der Waals surface area contributed by atoms with Crippen LogP contribution in [0.5, 0.6) is 0 Å². The van der Waals surface area contributed by atoms with Gasteiger partial charge in [-0.2, -0.15) is 0 Å². The van der Waals surface area contributed by atoms with Gasteiger partial charge in [0.05, 0.1) is 6.33 Å². The molecule has 1 aliphatic heterocycles. The number of unbranched alkanes of at least 4 members (excludes halogenated alkanes) is 2. The van der Waals surface area contributed by atoms with E-state index < -0.39 is 0 Å². The van der Waals surface area contributed by atoms with Crippen LogP contribution in [0.2, 0.25) is 0 Å². The van der Waals surface area contributed by atoms with E-state index >= 15 is 0 Å². The molecular formula is C27H32N6O. The summed E-state index contributed by atoms with van der Waals surface area (Å²) >= 11 is 0. The van der Waals surface area contributed by atoms with E-state index in [0.717, 1.165) is 75.0 Å². The van der Waals surface area contributed by atoms with Gasteiger partial charge in [0.25, 0.3) is 0 Å². The molecule has 0 saturated carbocycles. The number of amides is 1. The Labute approximate surface area is 200 Å². The van der Waals surface area contributed by atoms with Gasteiger partial charge in [0, 0.05) is 19.1 Å². The highest BCUT2D eigenvalue weighted by molar-refractivity contribution is 5.89. The van der Waals surface area contributed by atoms with Crippen molar-refractivity contribution in [2.75, 3.05) is 18.0 Å². The topological polar surface area (TPSA) is 86.8 Å². The highest BCUT2D eigenvalue weighted by atomic mass is 16.1. The first kappa shape index (κ1) is 22.3. The molecule has 2 aromatic heterocycles. The zero-order valence-electron chi connectivity index (χ0n) is 19.5. The molecule has 4 aromatic rings. The van der Waals surface area contributed by atoms with Crippen molar-refractivity contribution in [3.05, 3.63) is 60.2 Å². The second-order valence-corrected chi connectivity index (χ2v) is 9.14. The third-order valence-corrected chi connectivity index (χ3v) is 7.05. The van der Waals surface area contributed by atoms with Gasteiger partial charge in [0.1, 0.15) is 11.8 Å². The molecule has 1 amide bonds. The van der Waals surface area contributed by atoms with Crippen LogP contribution in [0, 0.1) is 0 Å². The standard InChI is InChI=1S/C27H32N6O/c34-19-28-15-5-1-2-7-20-11-12-21(24-10-4-3-9-23(20)24)13-14-22-8-6-16-33(22)27-25-26(30-17-29-25)31-18-32-27/h3-4,9-12,17-19,22H,1-2,5-8,13-16H2,(H,28,34)(H,29,30,31,32). The lowest BCUT2D eigenvalue weighted by Gasteiger charge is -2.26. The molecule has 1 aliphatic rings. The van der Waals surface area contributed by atoms with E-state index in [1.807, 2.05) is 0 Å². The summed E-state index contributed by atoms with van der Waals surface area (Å²) in [7, 11) is 0. The van der Waals surface area contributed by atoms with Gasteiger partial charge in [-0.1, -0.05) is 42.8 Å². The predicted octanol–water partition coefficient (Wildman–Crippen LogP) is 4.57. The van der Waals surface area contributed by atoms with Crippen molar-refractivity contribution < 1.29 is 4.79 Å². The number of H-pyrrole nitrogens is 1. The van der Waals surface area contributed by atoms with E-state index in [4.69, 9.17) is 0 Å². The molecule has 3 heterocycles. The van der Waals surface area contributed by atoms with Crippen molar-refractivity contribution >= 4 is 34.2 Å². The van der Waals surface area contributed by atoms with Crippen LogP contribution in [0.4, 0.5) is 5.82 Å². The van der Waals surface area contributed by atoms with Gasteiger partial charge in [-0.15, -0.1) is 0 Å². The smallest absolute Gasteiger partial charge is 0.207 e. The molecule has 5 rings (SSSR count). The van der Waals surface area contributed by atoms with Crippen molar-refractivity contribution in [2.24, 2.45) is 0 Å². The number of aromatic amines is 1. The molecule has 1 fully saturated rings. The second-order valence-electron chi connectivity index (χ2n) is 9.14. The molecule has 2 aromatic carbocycles. The third kappa shape index (κ3) is 4.74. The van der Waals surface area contributed by atoms with Crippen molar-refractivity contribution in [1.29, 1.82) is 0 Å². The summed E-state index contributed by atoms with van der Waals surface area (Å²) < 4.78 is 0. The number of hydrogen-bond acceptors (Lipinski definition) is 5. The van der Waals surface area contributed by atoms with E-state index in [2.05, 4.69) is 66.6 Å². The monoisotopic (exact) mass is 456 g/mol. The lowest BCUT2D eigenvalue weighted by atomic mass is 9.93. The number of carbonyl (C=O) groups excluding carboxylic acids is 1. The van der Waals surface area contributed by atoms with Crippen LogP contribution in [-0.2, 0) is 17.6 Å². The Morgan fingerprint density at radius 1 is 1.00 bits per heavy atom. The highest BCUT2D eigenvalue weighted by Crippen LogP contribution is 2.31. The normalized spacial score (nSPS) is 15.9. The lowest BCUT2D eigenvalue weighted by Crippen LogP contribution is -2.30. The molecule has 0 spiro atoms. The van der Waals surface area contributed by atoms with E-state index in [9.17, 15) is 4.79 Å². The Morgan fingerprint density at radius 3 is 2.65 bits per heavy atom. The SMILES string of the molecule is O=CNCCCCCc1ccc(CCC2CCCN2c2ncnc3nc[nH]c23)c2ccccc12. The molecule has 0 aliphatic carbocycles. The third-order valence-electron chi connectivity index (χ3n) is 7.05. The van der Waals surface area contributed by atoms with Gasteiger partial charge in [0.2, 0.25) is 6.41 Å². The molecule has 7 nitrogen and oxygen atoms in total. The minimum absolute atomic E-state index is 0.472. The molecule has 34 heavy (non-hydrogen) atoms. The first-order valence-electron chi connectivity index (χ1n) is 12.4. The number of imidazole rings is 1. The van der Waals surface area contributed by atoms with Gasteiger partial charge in [-0.05, 0) is 66.8 Å². The minimum atomic E-state index is 0.472. The number of anilines is 1. The molecule has 1 unspecified atom stereocenters. The summed E-state index contributed by atoms with van der Waals surface area (Å²) in [6.45, 7) is 1.79. The van der Waals surface area contributed by atoms with Crippen LogP contribution in [0.3, 0.4) is 0 Å². The Bertz CT molecular complexity index is 1250. The van der Waals surface area contributed by atoms with Crippen LogP contribution in [-0.4, -0.2) is 45.5 Å². The summed E-state index contributed by atoms with van der Waals surface area (Å²) in [5.74, 6) is 0.980. The number of nitrogens with one attached hydrogen (secondary N) is 2. The fraction of sp³-hybridized carbons (Fsp3) is 0.407. The lowest BCUT2D eigenvalue weighted by molar-refractivity contribution is -0.109. The minimum Gasteiger partial charge on any atom is -0.359 e. The van der Waals surface area contributed by atoms with Crippen LogP contribution >= 0.6 is 0 Å². The van der Waals surface area contributed by atoms with Crippen molar-refractivity contribution in [3.8, 4) is 0 Å². The maximum atomic E-state index is 10.4. The molecule has 7 heteroatoms. The molecule has 0 bridgehead atoms. The average molecular weight is 457 g/mol. The Kier molecular flexibility index (Phi) is 6.98. The quantitative estimate of drug-likeness (QED) is 0.255. The zero-order chi connectivity index (χ0) is 23.2. The molecule has 176 valence electrons.